The van der Waals surface area contributed by atoms with Crippen LogP contribution in [0.1, 0.15) is 20.3 Å². The van der Waals surface area contributed by atoms with Crippen molar-refractivity contribution in [3.63, 3.8) is 0 Å². The Kier molecular flexibility index (Phi) is 5.16. The molecule has 0 fully saturated rings. The highest BCUT2D eigenvalue weighted by Gasteiger charge is 2.27. The van der Waals surface area contributed by atoms with Crippen LogP contribution in [0.5, 0.6) is 0 Å². The highest BCUT2D eigenvalue weighted by Crippen LogP contribution is 2.21. The first-order valence-electron chi connectivity index (χ1n) is 5.64. The maximum Gasteiger partial charge on any atom is 0.326 e. The number of halogens is 1. The predicted octanol–water partition coefficient (Wildman–Crippen LogP) is 3.13. The van der Waals surface area contributed by atoms with Crippen molar-refractivity contribution < 1.29 is 14.6 Å². The molecule has 0 spiro atoms. The van der Waals surface area contributed by atoms with Crippen molar-refractivity contribution in [2.24, 2.45) is 0 Å². The van der Waals surface area contributed by atoms with Gasteiger partial charge in [-0.15, -0.1) is 0 Å². The van der Waals surface area contributed by atoms with Gasteiger partial charge in [0.2, 0.25) is 0 Å². The van der Waals surface area contributed by atoms with Gasteiger partial charge in [0.1, 0.15) is 6.04 Å². The Morgan fingerprint density at radius 1 is 1.56 bits per heavy atom. The zero-order valence-electron chi connectivity index (χ0n) is 10.7. The molecule has 0 aliphatic carbocycles. The fraction of sp³-hybridized carbons (Fsp3) is 0.462. The van der Waals surface area contributed by atoms with Crippen molar-refractivity contribution in [3.05, 3.63) is 28.7 Å². The highest BCUT2D eigenvalue weighted by molar-refractivity contribution is 9.10. The van der Waals surface area contributed by atoms with Crippen molar-refractivity contribution in [3.8, 4) is 0 Å². The molecule has 1 rings (SSSR count). The van der Waals surface area contributed by atoms with Gasteiger partial charge in [-0.3, -0.25) is 0 Å². The Morgan fingerprint density at radius 2 is 2.22 bits per heavy atom. The number of anilines is 1. The molecule has 0 saturated carbocycles. The molecule has 0 aliphatic rings. The van der Waals surface area contributed by atoms with Gasteiger partial charge < -0.3 is 15.2 Å². The minimum Gasteiger partial charge on any atom is -0.480 e. The van der Waals surface area contributed by atoms with E-state index in [4.69, 9.17) is 4.74 Å². The van der Waals surface area contributed by atoms with Crippen LogP contribution < -0.4 is 5.32 Å². The van der Waals surface area contributed by atoms with Crippen LogP contribution in [0.4, 0.5) is 5.69 Å². The Bertz CT molecular complexity index is 420. The van der Waals surface area contributed by atoms with Crippen molar-refractivity contribution in [1.82, 2.24) is 0 Å². The van der Waals surface area contributed by atoms with E-state index in [1.165, 1.54) is 0 Å². The normalized spacial score (nSPS) is 13.1. The van der Waals surface area contributed by atoms with Gasteiger partial charge in [0.25, 0.3) is 0 Å². The lowest BCUT2D eigenvalue weighted by atomic mass is 9.98. The number of aliphatic carboxylic acids is 1. The number of methoxy groups -OCH3 is 1. The lowest BCUT2D eigenvalue weighted by molar-refractivity contribution is -0.139. The monoisotopic (exact) mass is 315 g/mol. The highest BCUT2D eigenvalue weighted by atomic mass is 79.9. The second-order valence-corrected chi connectivity index (χ2v) is 5.63. The molecule has 1 unspecified atom stereocenters. The molecule has 18 heavy (non-hydrogen) atoms. The number of hydrogen-bond donors (Lipinski definition) is 2. The lowest BCUT2D eigenvalue weighted by Crippen LogP contribution is -2.38. The summed E-state index contributed by atoms with van der Waals surface area (Å²) >= 11 is 3.35. The van der Waals surface area contributed by atoms with Crippen LogP contribution in [0, 0.1) is 0 Å². The predicted molar refractivity (Wildman–Crippen MR) is 74.9 cm³/mol. The molecule has 1 atom stereocenters. The summed E-state index contributed by atoms with van der Waals surface area (Å²) < 4.78 is 6.17. The Labute approximate surface area is 115 Å². The van der Waals surface area contributed by atoms with Crippen LogP contribution in [-0.4, -0.2) is 29.8 Å². The molecule has 0 saturated heterocycles. The van der Waals surface area contributed by atoms with Crippen LogP contribution in [-0.2, 0) is 9.53 Å². The molecule has 0 bridgehead atoms. The third-order valence-corrected chi connectivity index (χ3v) is 3.21. The molecule has 0 aliphatic heterocycles. The first-order chi connectivity index (χ1) is 8.34. The second-order valence-electron chi connectivity index (χ2n) is 4.71. The Morgan fingerprint density at radius 3 is 2.72 bits per heavy atom. The van der Waals surface area contributed by atoms with E-state index in [0.29, 0.717) is 6.42 Å². The first-order valence-corrected chi connectivity index (χ1v) is 6.43. The molecular weight excluding hydrogens is 298 g/mol. The molecular formula is C13H18BrNO3. The van der Waals surface area contributed by atoms with Gasteiger partial charge >= 0.3 is 5.97 Å². The van der Waals surface area contributed by atoms with Crippen molar-refractivity contribution >= 4 is 27.6 Å². The van der Waals surface area contributed by atoms with E-state index in [0.717, 1.165) is 10.2 Å². The number of hydrogen-bond acceptors (Lipinski definition) is 3. The molecule has 1 aromatic rings. The summed E-state index contributed by atoms with van der Waals surface area (Å²) in [6, 6.07) is 6.73. The molecule has 0 radical (unpaired) electrons. The fourth-order valence-corrected chi connectivity index (χ4v) is 1.95. The van der Waals surface area contributed by atoms with Crippen LogP contribution in [0.15, 0.2) is 28.7 Å². The number of carbonyl (C=O) groups is 1. The van der Waals surface area contributed by atoms with E-state index in [1.54, 1.807) is 7.11 Å². The molecule has 0 amide bonds. The number of carboxylic acid groups (broad SMARTS) is 1. The first kappa shape index (κ1) is 15.0. The number of carboxylic acids is 1. The minimum atomic E-state index is -0.889. The average Bonchev–Trinajstić information content (AvgIpc) is 2.28. The van der Waals surface area contributed by atoms with E-state index in [-0.39, 0.29) is 0 Å². The number of rotatable bonds is 6. The summed E-state index contributed by atoms with van der Waals surface area (Å²) in [6.07, 6.45) is 0.380. The van der Waals surface area contributed by atoms with E-state index in [9.17, 15) is 9.90 Å². The van der Waals surface area contributed by atoms with Crippen LogP contribution >= 0.6 is 15.9 Å². The van der Waals surface area contributed by atoms with Gasteiger partial charge in [-0.2, -0.15) is 0 Å². The summed E-state index contributed by atoms with van der Waals surface area (Å²) in [4.78, 5) is 11.3. The topological polar surface area (TPSA) is 58.6 Å². The van der Waals surface area contributed by atoms with Crippen LogP contribution in [0.2, 0.25) is 0 Å². The van der Waals surface area contributed by atoms with E-state index in [2.05, 4.69) is 21.2 Å². The largest absolute Gasteiger partial charge is 0.480 e. The summed E-state index contributed by atoms with van der Waals surface area (Å²) in [5.41, 5.74) is 0.283. The van der Waals surface area contributed by atoms with Gasteiger partial charge in [-0.05, 0) is 32.0 Å². The van der Waals surface area contributed by atoms with Crippen LogP contribution in [0.25, 0.3) is 0 Å². The SMILES string of the molecule is COC(C)(C)CC(Nc1cccc(Br)c1)C(=O)O. The van der Waals surface area contributed by atoms with Crippen molar-refractivity contribution in [2.45, 2.75) is 31.9 Å². The maximum atomic E-state index is 11.3. The molecule has 1 aromatic carbocycles. The zero-order chi connectivity index (χ0) is 13.8. The van der Waals surface area contributed by atoms with Crippen LogP contribution in [0.3, 0.4) is 0 Å². The maximum absolute atomic E-state index is 11.3. The molecule has 0 heterocycles. The Hall–Kier alpha value is -1.07. The molecule has 100 valence electrons. The second kappa shape index (κ2) is 6.20. The average molecular weight is 316 g/mol. The Balaban J connectivity index is 2.78. The van der Waals surface area contributed by atoms with Gasteiger partial charge in [0.15, 0.2) is 0 Å². The molecule has 2 N–H and O–H groups in total. The van der Waals surface area contributed by atoms with Gasteiger partial charge in [0.05, 0.1) is 5.60 Å². The summed E-state index contributed by atoms with van der Waals surface area (Å²) in [7, 11) is 1.58. The number of benzene rings is 1. The molecule has 5 heteroatoms. The van der Waals surface area contributed by atoms with Crippen molar-refractivity contribution in [2.75, 3.05) is 12.4 Å². The van der Waals surface area contributed by atoms with Gasteiger partial charge in [0, 0.05) is 23.7 Å². The smallest absolute Gasteiger partial charge is 0.326 e. The quantitative estimate of drug-likeness (QED) is 0.846. The third kappa shape index (κ3) is 4.66. The fourth-order valence-electron chi connectivity index (χ4n) is 1.55. The van der Waals surface area contributed by atoms with Crippen molar-refractivity contribution in [1.29, 1.82) is 0 Å². The lowest BCUT2D eigenvalue weighted by Gasteiger charge is -2.27. The minimum absolute atomic E-state index is 0.380. The molecule has 0 aromatic heterocycles. The van der Waals surface area contributed by atoms with E-state index < -0.39 is 17.6 Å². The number of ether oxygens (including phenoxy) is 1. The summed E-state index contributed by atoms with van der Waals surface area (Å²) in [5, 5.41) is 12.2. The van der Waals surface area contributed by atoms with Gasteiger partial charge in [-0.1, -0.05) is 22.0 Å². The summed E-state index contributed by atoms with van der Waals surface area (Å²) in [6.45, 7) is 3.73. The van der Waals surface area contributed by atoms with E-state index in [1.807, 2.05) is 38.1 Å². The molecule has 4 nitrogen and oxygen atoms in total. The standard InChI is InChI=1S/C13H18BrNO3/c1-13(2,18-3)8-11(12(16)17)15-10-6-4-5-9(14)7-10/h4-7,11,15H,8H2,1-3H3,(H,16,17). The third-order valence-electron chi connectivity index (χ3n) is 2.71. The van der Waals surface area contributed by atoms with Gasteiger partial charge in [-0.25, -0.2) is 4.79 Å². The summed E-state index contributed by atoms with van der Waals surface area (Å²) in [5.74, 6) is -0.889. The number of nitrogens with one attached hydrogen (secondary N) is 1. The van der Waals surface area contributed by atoms with E-state index >= 15 is 0 Å². The zero-order valence-corrected chi connectivity index (χ0v) is 12.3.